The maximum absolute atomic E-state index is 13.7. The molecule has 2 heterocycles. The van der Waals surface area contributed by atoms with Crippen LogP contribution in [0.15, 0.2) is 85.1 Å². The SMILES string of the molecule is NC(Cc1ccc(O)cc1)C(=O)N1CCCC1C(=O)NC(Cc1c[nH]c2ccccc12)C(=O)NC(Cc1ccccc1)C(=O)O. The predicted molar refractivity (Wildman–Crippen MR) is 168 cm³/mol. The van der Waals surface area contributed by atoms with E-state index in [1.165, 1.54) is 17.0 Å². The number of carboxylic acids is 1. The number of amides is 3. The van der Waals surface area contributed by atoms with Crippen molar-refractivity contribution in [3.8, 4) is 5.75 Å². The second-order valence-corrected chi connectivity index (χ2v) is 11.4. The lowest BCUT2D eigenvalue weighted by atomic mass is 10.0. The van der Waals surface area contributed by atoms with Crippen molar-refractivity contribution in [3.63, 3.8) is 0 Å². The highest BCUT2D eigenvalue weighted by Gasteiger charge is 2.38. The van der Waals surface area contributed by atoms with Crippen LogP contribution in [0.4, 0.5) is 0 Å². The molecule has 7 N–H and O–H groups in total. The van der Waals surface area contributed by atoms with Crippen LogP contribution in [0.1, 0.15) is 29.5 Å². The first-order valence-corrected chi connectivity index (χ1v) is 15.0. The molecule has 1 fully saturated rings. The molecule has 0 spiro atoms. The van der Waals surface area contributed by atoms with Crippen LogP contribution in [-0.2, 0) is 38.4 Å². The molecule has 3 amide bonds. The number of aromatic amines is 1. The van der Waals surface area contributed by atoms with Gasteiger partial charge in [-0.25, -0.2) is 4.79 Å². The molecule has 11 heteroatoms. The summed E-state index contributed by atoms with van der Waals surface area (Å²) >= 11 is 0. The molecule has 4 atom stereocenters. The number of phenolic OH excluding ortho intramolecular Hbond substituents is 1. The van der Waals surface area contributed by atoms with Crippen LogP contribution in [0.25, 0.3) is 10.9 Å². The second kappa shape index (κ2) is 14.1. The van der Waals surface area contributed by atoms with Crippen LogP contribution in [0.2, 0.25) is 0 Å². The Morgan fingerprint density at radius 1 is 0.867 bits per heavy atom. The van der Waals surface area contributed by atoms with Crippen LogP contribution in [0, 0.1) is 0 Å². The Balaban J connectivity index is 1.33. The molecular formula is C34H37N5O6. The van der Waals surface area contributed by atoms with Crippen molar-refractivity contribution in [1.29, 1.82) is 0 Å². The van der Waals surface area contributed by atoms with Crippen molar-refractivity contribution in [2.24, 2.45) is 5.73 Å². The van der Waals surface area contributed by atoms with E-state index < -0.39 is 42.0 Å². The lowest BCUT2D eigenvalue weighted by molar-refractivity contribution is -0.143. The number of H-pyrrole nitrogens is 1. The minimum atomic E-state index is -1.22. The molecule has 3 aromatic carbocycles. The minimum Gasteiger partial charge on any atom is -0.508 e. The number of fused-ring (bicyclic) bond motifs is 1. The van der Waals surface area contributed by atoms with Crippen molar-refractivity contribution in [1.82, 2.24) is 20.5 Å². The highest BCUT2D eigenvalue weighted by atomic mass is 16.4. The van der Waals surface area contributed by atoms with E-state index in [1.54, 1.807) is 42.6 Å². The predicted octanol–water partition coefficient (Wildman–Crippen LogP) is 2.27. The van der Waals surface area contributed by atoms with E-state index in [2.05, 4.69) is 15.6 Å². The van der Waals surface area contributed by atoms with Crippen LogP contribution >= 0.6 is 0 Å². The maximum atomic E-state index is 13.7. The lowest BCUT2D eigenvalue weighted by Crippen LogP contribution is -2.57. The van der Waals surface area contributed by atoms with E-state index in [0.717, 1.165) is 27.6 Å². The van der Waals surface area contributed by atoms with Crippen molar-refractivity contribution in [2.75, 3.05) is 6.54 Å². The van der Waals surface area contributed by atoms with E-state index in [1.807, 2.05) is 30.3 Å². The van der Waals surface area contributed by atoms with Gasteiger partial charge in [-0.1, -0.05) is 60.7 Å². The fourth-order valence-electron chi connectivity index (χ4n) is 5.81. The molecule has 0 bridgehead atoms. The third-order valence-electron chi connectivity index (χ3n) is 8.18. The number of aromatic hydroxyl groups is 1. The van der Waals surface area contributed by atoms with E-state index in [4.69, 9.17) is 5.73 Å². The van der Waals surface area contributed by atoms with Gasteiger partial charge in [0.2, 0.25) is 17.7 Å². The number of carbonyl (C=O) groups excluding carboxylic acids is 3. The standard InChI is InChI=1S/C34H37N5O6/c35-26(17-22-12-14-24(40)15-13-22)33(43)39-16-6-11-30(39)32(42)37-28(19-23-20-36-27-10-5-4-9-25(23)27)31(41)38-29(34(44)45)18-21-7-2-1-3-8-21/h1-5,7-10,12-15,20,26,28-30,36,40H,6,11,16-19,35H2,(H,37,42)(H,38,41)(H,44,45). The van der Waals surface area contributed by atoms with Gasteiger partial charge in [-0.3, -0.25) is 14.4 Å². The summed E-state index contributed by atoms with van der Waals surface area (Å²) in [6.45, 7) is 0.345. The Bertz CT molecular complexity index is 1650. The minimum absolute atomic E-state index is 0.0689. The number of aliphatic carboxylic acids is 1. The molecule has 4 aromatic rings. The number of rotatable bonds is 12. The van der Waals surface area contributed by atoms with Crippen molar-refractivity contribution in [2.45, 2.75) is 56.3 Å². The van der Waals surface area contributed by atoms with Crippen LogP contribution in [0.3, 0.4) is 0 Å². The smallest absolute Gasteiger partial charge is 0.326 e. The van der Waals surface area contributed by atoms with E-state index >= 15 is 0 Å². The molecule has 5 rings (SSSR count). The zero-order valence-electron chi connectivity index (χ0n) is 24.7. The molecule has 1 aliphatic heterocycles. The molecule has 0 aliphatic carbocycles. The van der Waals surface area contributed by atoms with Gasteiger partial charge >= 0.3 is 5.97 Å². The molecule has 11 nitrogen and oxygen atoms in total. The quantitative estimate of drug-likeness (QED) is 0.142. The van der Waals surface area contributed by atoms with Crippen molar-refractivity contribution < 1.29 is 29.4 Å². The molecule has 234 valence electrons. The Labute approximate surface area is 260 Å². The normalized spacial score (nSPS) is 16.6. The number of para-hydroxylation sites is 1. The largest absolute Gasteiger partial charge is 0.508 e. The van der Waals surface area contributed by atoms with Gasteiger partial charge < -0.3 is 36.5 Å². The van der Waals surface area contributed by atoms with Crippen molar-refractivity contribution >= 4 is 34.6 Å². The molecule has 0 radical (unpaired) electrons. The third-order valence-corrected chi connectivity index (χ3v) is 8.18. The first-order chi connectivity index (χ1) is 21.7. The average molecular weight is 612 g/mol. The zero-order valence-corrected chi connectivity index (χ0v) is 24.7. The number of hydrogen-bond donors (Lipinski definition) is 6. The zero-order chi connectivity index (χ0) is 31.9. The second-order valence-electron chi connectivity index (χ2n) is 11.4. The molecular weight excluding hydrogens is 574 g/mol. The summed E-state index contributed by atoms with van der Waals surface area (Å²) < 4.78 is 0. The first-order valence-electron chi connectivity index (χ1n) is 15.0. The molecule has 1 aromatic heterocycles. The summed E-state index contributed by atoms with van der Waals surface area (Å²) in [5.41, 5.74) is 9.41. The summed E-state index contributed by atoms with van der Waals surface area (Å²) in [4.78, 5) is 57.5. The number of carbonyl (C=O) groups is 4. The number of benzene rings is 3. The summed E-state index contributed by atoms with van der Waals surface area (Å²) in [6.07, 6.45) is 3.15. The number of likely N-dealkylation sites (tertiary alicyclic amines) is 1. The summed E-state index contributed by atoms with van der Waals surface area (Å²) in [7, 11) is 0. The number of hydrogen-bond acceptors (Lipinski definition) is 6. The Kier molecular flexibility index (Phi) is 9.79. The van der Waals surface area contributed by atoms with Gasteiger partial charge in [0.05, 0.1) is 6.04 Å². The third kappa shape index (κ3) is 7.68. The van der Waals surface area contributed by atoms with Gasteiger partial charge in [0, 0.05) is 36.5 Å². The number of nitrogens with zero attached hydrogens (tertiary/aromatic N) is 1. The van der Waals surface area contributed by atoms with Crippen LogP contribution in [-0.4, -0.2) is 74.5 Å². The molecule has 1 saturated heterocycles. The summed E-state index contributed by atoms with van der Waals surface area (Å²) in [5.74, 6) is -2.62. The number of carboxylic acid groups (broad SMARTS) is 1. The number of aromatic nitrogens is 1. The van der Waals surface area contributed by atoms with Gasteiger partial charge in [0.15, 0.2) is 0 Å². The Morgan fingerprint density at radius 3 is 2.29 bits per heavy atom. The van der Waals surface area contributed by atoms with Crippen LogP contribution in [0.5, 0.6) is 5.75 Å². The topological polar surface area (TPSA) is 178 Å². The lowest BCUT2D eigenvalue weighted by Gasteiger charge is -2.29. The van der Waals surface area contributed by atoms with Crippen molar-refractivity contribution in [3.05, 3.63) is 102 Å². The van der Waals surface area contributed by atoms with Gasteiger partial charge in [0.1, 0.15) is 23.9 Å². The number of nitrogens with two attached hydrogens (primary N) is 1. The summed E-state index contributed by atoms with van der Waals surface area (Å²) in [5, 5.41) is 25.8. The van der Waals surface area contributed by atoms with E-state index in [-0.39, 0.29) is 30.9 Å². The molecule has 1 aliphatic rings. The maximum Gasteiger partial charge on any atom is 0.326 e. The number of phenols is 1. The van der Waals surface area contributed by atoms with E-state index in [0.29, 0.717) is 19.4 Å². The van der Waals surface area contributed by atoms with Gasteiger partial charge in [-0.05, 0) is 54.2 Å². The highest BCUT2D eigenvalue weighted by Crippen LogP contribution is 2.22. The fourth-order valence-corrected chi connectivity index (χ4v) is 5.81. The average Bonchev–Trinajstić information content (AvgIpc) is 3.69. The molecule has 45 heavy (non-hydrogen) atoms. The highest BCUT2D eigenvalue weighted by molar-refractivity contribution is 5.95. The molecule has 0 saturated carbocycles. The van der Waals surface area contributed by atoms with E-state index in [9.17, 15) is 29.4 Å². The van der Waals surface area contributed by atoms with Gasteiger partial charge in [-0.15, -0.1) is 0 Å². The number of nitrogens with one attached hydrogen (secondary N) is 3. The Hall–Kier alpha value is -5.16. The Morgan fingerprint density at radius 2 is 1.56 bits per heavy atom. The molecule has 4 unspecified atom stereocenters. The van der Waals surface area contributed by atoms with Crippen LogP contribution < -0.4 is 16.4 Å². The fraction of sp³-hybridized carbons (Fsp3) is 0.294. The van der Waals surface area contributed by atoms with Gasteiger partial charge in [0.25, 0.3) is 0 Å². The van der Waals surface area contributed by atoms with Gasteiger partial charge in [-0.2, -0.15) is 0 Å². The summed E-state index contributed by atoms with van der Waals surface area (Å²) in [6, 6.07) is 18.9. The monoisotopic (exact) mass is 611 g/mol. The first kappa shape index (κ1) is 31.3.